The predicted octanol–water partition coefficient (Wildman–Crippen LogP) is 4.14. The lowest BCUT2D eigenvalue weighted by Gasteiger charge is -2.01. The Labute approximate surface area is 108 Å². The fraction of sp³-hybridized carbons (Fsp3) is 0.182. The van der Waals surface area contributed by atoms with Gasteiger partial charge in [0.1, 0.15) is 5.01 Å². The maximum Gasteiger partial charge on any atom is 0.125 e. The summed E-state index contributed by atoms with van der Waals surface area (Å²) in [4.78, 5) is 4.44. The third kappa shape index (κ3) is 2.38. The van der Waals surface area contributed by atoms with E-state index in [2.05, 4.69) is 4.98 Å². The van der Waals surface area contributed by atoms with Gasteiger partial charge < -0.3 is 5.73 Å². The fourth-order valence-electron chi connectivity index (χ4n) is 1.28. The summed E-state index contributed by atoms with van der Waals surface area (Å²) in [5.41, 5.74) is 7.53. The Hall–Kier alpha value is -0.610. The maximum atomic E-state index is 6.10. The molecule has 1 aromatic carbocycles. The van der Waals surface area contributed by atoms with Gasteiger partial charge in [0.15, 0.2) is 0 Å². The van der Waals surface area contributed by atoms with Gasteiger partial charge in [-0.15, -0.1) is 11.3 Å². The van der Waals surface area contributed by atoms with Gasteiger partial charge in [-0.3, -0.25) is 0 Å². The standard InChI is InChI=1S/C11H10Cl2N2S/c1-6(14)10-5-16-11(15-10)8-3-2-7(12)4-9(8)13/h2-6H,14H2,1H3. The van der Waals surface area contributed by atoms with Gasteiger partial charge in [0, 0.05) is 22.0 Å². The molecular formula is C11H10Cl2N2S. The monoisotopic (exact) mass is 272 g/mol. The van der Waals surface area contributed by atoms with E-state index in [4.69, 9.17) is 28.9 Å². The van der Waals surface area contributed by atoms with E-state index in [9.17, 15) is 0 Å². The molecule has 0 spiro atoms. The van der Waals surface area contributed by atoms with Crippen LogP contribution in [0.5, 0.6) is 0 Å². The third-order valence-corrected chi connectivity index (χ3v) is 3.59. The van der Waals surface area contributed by atoms with Crippen LogP contribution in [0, 0.1) is 0 Å². The first kappa shape index (κ1) is 11.9. The molecule has 5 heteroatoms. The Morgan fingerprint density at radius 2 is 2.12 bits per heavy atom. The number of nitrogens with two attached hydrogens (primary N) is 1. The quantitative estimate of drug-likeness (QED) is 0.893. The van der Waals surface area contributed by atoms with Crippen LogP contribution in [-0.2, 0) is 0 Å². The van der Waals surface area contributed by atoms with Crippen molar-refractivity contribution in [1.29, 1.82) is 0 Å². The van der Waals surface area contributed by atoms with E-state index in [0.717, 1.165) is 16.3 Å². The summed E-state index contributed by atoms with van der Waals surface area (Å²) >= 11 is 13.5. The minimum Gasteiger partial charge on any atom is -0.323 e. The number of rotatable bonds is 2. The molecule has 16 heavy (non-hydrogen) atoms. The minimum absolute atomic E-state index is 0.0592. The lowest BCUT2D eigenvalue weighted by atomic mass is 10.2. The van der Waals surface area contributed by atoms with Crippen LogP contribution >= 0.6 is 34.5 Å². The Bertz CT molecular complexity index is 508. The molecule has 0 saturated carbocycles. The van der Waals surface area contributed by atoms with E-state index in [0.29, 0.717) is 10.0 Å². The van der Waals surface area contributed by atoms with Crippen LogP contribution in [-0.4, -0.2) is 4.98 Å². The second-order valence-electron chi connectivity index (χ2n) is 3.49. The largest absolute Gasteiger partial charge is 0.323 e. The molecule has 0 aliphatic rings. The predicted molar refractivity (Wildman–Crippen MR) is 70.2 cm³/mol. The molecule has 1 aromatic heterocycles. The maximum absolute atomic E-state index is 6.10. The van der Waals surface area contributed by atoms with Gasteiger partial charge in [0.2, 0.25) is 0 Å². The van der Waals surface area contributed by atoms with Gasteiger partial charge in [0.25, 0.3) is 0 Å². The Morgan fingerprint density at radius 1 is 1.38 bits per heavy atom. The smallest absolute Gasteiger partial charge is 0.125 e. The van der Waals surface area contributed by atoms with Crippen molar-refractivity contribution in [2.24, 2.45) is 5.73 Å². The van der Waals surface area contributed by atoms with Crippen LogP contribution in [0.25, 0.3) is 10.6 Å². The molecule has 1 heterocycles. The molecule has 2 aromatic rings. The molecule has 2 rings (SSSR count). The lowest BCUT2D eigenvalue weighted by molar-refractivity contribution is 0.790. The zero-order valence-electron chi connectivity index (χ0n) is 8.58. The van der Waals surface area contributed by atoms with Crippen LogP contribution in [0.4, 0.5) is 0 Å². The van der Waals surface area contributed by atoms with Crippen molar-refractivity contribution >= 4 is 34.5 Å². The summed E-state index contributed by atoms with van der Waals surface area (Å²) in [7, 11) is 0. The van der Waals surface area contributed by atoms with E-state index >= 15 is 0 Å². The lowest BCUT2D eigenvalue weighted by Crippen LogP contribution is -2.04. The van der Waals surface area contributed by atoms with Crippen molar-refractivity contribution < 1.29 is 0 Å². The zero-order chi connectivity index (χ0) is 11.7. The summed E-state index contributed by atoms with van der Waals surface area (Å²) in [6, 6.07) is 5.33. The molecular weight excluding hydrogens is 263 g/mol. The van der Waals surface area contributed by atoms with Crippen molar-refractivity contribution in [3.05, 3.63) is 39.3 Å². The van der Waals surface area contributed by atoms with Gasteiger partial charge in [-0.25, -0.2) is 4.98 Å². The van der Waals surface area contributed by atoms with E-state index in [1.54, 1.807) is 12.1 Å². The Kier molecular flexibility index (Phi) is 3.50. The van der Waals surface area contributed by atoms with Crippen molar-refractivity contribution in [1.82, 2.24) is 4.98 Å². The van der Waals surface area contributed by atoms with E-state index in [-0.39, 0.29) is 6.04 Å². The molecule has 84 valence electrons. The molecule has 2 nitrogen and oxygen atoms in total. The molecule has 1 unspecified atom stereocenters. The molecule has 0 saturated heterocycles. The summed E-state index contributed by atoms with van der Waals surface area (Å²) in [6.45, 7) is 1.91. The highest BCUT2D eigenvalue weighted by Crippen LogP contribution is 2.32. The van der Waals surface area contributed by atoms with Gasteiger partial charge in [0.05, 0.1) is 10.7 Å². The minimum atomic E-state index is -0.0592. The van der Waals surface area contributed by atoms with Crippen LogP contribution in [0.1, 0.15) is 18.7 Å². The highest BCUT2D eigenvalue weighted by molar-refractivity contribution is 7.13. The van der Waals surface area contributed by atoms with Crippen molar-refractivity contribution in [2.45, 2.75) is 13.0 Å². The number of halogens is 2. The van der Waals surface area contributed by atoms with Crippen molar-refractivity contribution in [3.63, 3.8) is 0 Å². The van der Waals surface area contributed by atoms with Crippen LogP contribution in [0.2, 0.25) is 10.0 Å². The van der Waals surface area contributed by atoms with E-state index in [1.807, 2.05) is 18.4 Å². The molecule has 0 aliphatic heterocycles. The third-order valence-electron chi connectivity index (χ3n) is 2.15. The molecule has 0 fully saturated rings. The second-order valence-corrected chi connectivity index (χ2v) is 5.19. The van der Waals surface area contributed by atoms with Crippen LogP contribution in [0.15, 0.2) is 23.6 Å². The Balaban J connectivity index is 2.42. The number of nitrogens with zero attached hydrogens (tertiary/aromatic N) is 1. The van der Waals surface area contributed by atoms with Gasteiger partial charge in [-0.05, 0) is 25.1 Å². The zero-order valence-corrected chi connectivity index (χ0v) is 10.9. The topological polar surface area (TPSA) is 38.9 Å². The van der Waals surface area contributed by atoms with Gasteiger partial charge >= 0.3 is 0 Å². The SMILES string of the molecule is CC(N)c1csc(-c2ccc(Cl)cc2Cl)n1. The normalized spacial score (nSPS) is 12.8. The molecule has 1 atom stereocenters. The first-order valence-electron chi connectivity index (χ1n) is 4.74. The first-order valence-corrected chi connectivity index (χ1v) is 6.38. The number of hydrogen-bond donors (Lipinski definition) is 1. The Morgan fingerprint density at radius 3 is 2.69 bits per heavy atom. The summed E-state index contributed by atoms with van der Waals surface area (Å²) in [6.07, 6.45) is 0. The van der Waals surface area contributed by atoms with E-state index in [1.165, 1.54) is 11.3 Å². The molecule has 0 radical (unpaired) electrons. The van der Waals surface area contributed by atoms with Crippen molar-refractivity contribution in [3.8, 4) is 10.6 Å². The van der Waals surface area contributed by atoms with Gasteiger partial charge in [-0.2, -0.15) is 0 Å². The molecule has 0 bridgehead atoms. The number of hydrogen-bond acceptors (Lipinski definition) is 3. The summed E-state index contributed by atoms with van der Waals surface area (Å²) in [5, 5.41) is 4.05. The average molecular weight is 273 g/mol. The fourth-order valence-corrected chi connectivity index (χ4v) is 2.80. The summed E-state index contributed by atoms with van der Waals surface area (Å²) < 4.78 is 0. The molecule has 0 aliphatic carbocycles. The van der Waals surface area contributed by atoms with Gasteiger partial charge in [-0.1, -0.05) is 23.2 Å². The van der Waals surface area contributed by atoms with Crippen LogP contribution in [0.3, 0.4) is 0 Å². The molecule has 2 N–H and O–H groups in total. The van der Waals surface area contributed by atoms with E-state index < -0.39 is 0 Å². The second kappa shape index (κ2) is 4.72. The first-order chi connectivity index (χ1) is 7.58. The van der Waals surface area contributed by atoms with Crippen LogP contribution < -0.4 is 5.73 Å². The van der Waals surface area contributed by atoms with Crippen molar-refractivity contribution in [2.75, 3.05) is 0 Å². The summed E-state index contributed by atoms with van der Waals surface area (Å²) in [5.74, 6) is 0. The number of benzene rings is 1. The highest BCUT2D eigenvalue weighted by atomic mass is 35.5. The average Bonchev–Trinajstić information content (AvgIpc) is 2.66. The molecule has 0 amide bonds. The highest BCUT2D eigenvalue weighted by Gasteiger charge is 2.10. The number of thiazole rings is 1. The number of aromatic nitrogens is 1.